The molecule has 2 aromatic heterocycles. The Morgan fingerprint density at radius 3 is 2.73 bits per heavy atom. The topological polar surface area (TPSA) is 85.8 Å². The highest BCUT2D eigenvalue weighted by atomic mass is 32.1. The highest BCUT2D eigenvalue weighted by Gasteiger charge is 2.15. The Morgan fingerprint density at radius 2 is 1.87 bits per heavy atom. The first kappa shape index (κ1) is 18.1. The lowest BCUT2D eigenvalue weighted by Crippen LogP contribution is -2.13. The first-order chi connectivity index (χ1) is 14.7. The fraction of sp³-hybridized carbons (Fsp3) is 0. The Hall–Kier alpha value is -3.97. The summed E-state index contributed by atoms with van der Waals surface area (Å²) in [4.78, 5) is 13.9. The molecule has 0 radical (unpaired) electrons. The highest BCUT2D eigenvalue weighted by Crippen LogP contribution is 2.30. The summed E-state index contributed by atoms with van der Waals surface area (Å²) in [6, 6.07) is 23.6. The lowest BCUT2D eigenvalue weighted by molar-refractivity contribution is 0.102. The summed E-state index contributed by atoms with van der Waals surface area (Å²) in [7, 11) is 0. The molecule has 5 aromatic rings. The molecular weight excluding hydrogens is 394 g/mol. The molecule has 2 heterocycles. The summed E-state index contributed by atoms with van der Waals surface area (Å²) >= 11 is 1.63. The average molecular weight is 411 g/mol. The van der Waals surface area contributed by atoms with Crippen molar-refractivity contribution in [2.45, 2.75) is 0 Å². The predicted molar refractivity (Wildman–Crippen MR) is 121 cm³/mol. The quantitative estimate of drug-likeness (QED) is 0.408. The normalized spacial score (nSPS) is 10.9. The first-order valence-electron chi connectivity index (χ1n) is 9.34. The van der Waals surface area contributed by atoms with Crippen LogP contribution in [0.3, 0.4) is 0 Å². The molecule has 146 valence electrons. The molecule has 1 amide bonds. The molecule has 30 heavy (non-hydrogen) atoms. The predicted octanol–water partition coefficient (Wildman–Crippen LogP) is 4.98. The molecule has 0 unspecified atom stereocenters. The molecule has 0 aliphatic carbocycles. The fourth-order valence-corrected chi connectivity index (χ4v) is 4.06. The molecule has 0 saturated heterocycles. The third kappa shape index (κ3) is 3.31. The van der Waals surface area contributed by atoms with Gasteiger partial charge in [0.15, 0.2) is 5.69 Å². The summed E-state index contributed by atoms with van der Waals surface area (Å²) in [6.45, 7) is 0. The van der Waals surface area contributed by atoms with Gasteiger partial charge in [-0.25, -0.2) is 4.68 Å². The first-order valence-corrected chi connectivity index (χ1v) is 10.2. The molecule has 0 bridgehead atoms. The number of hydrogen-bond acceptors (Lipinski definition) is 5. The Morgan fingerprint density at radius 1 is 1.00 bits per heavy atom. The Balaban J connectivity index is 1.43. The zero-order valence-corrected chi connectivity index (χ0v) is 16.6. The number of fused-ring (bicyclic) bond motifs is 1. The standard InChI is InChI=1S/C23H17N5OS/c24-18-11-10-16(22-9-4-12-30-22)13-19(18)25-23(29)20-14-28(27-26-20)21-8-3-6-15-5-1-2-7-17(15)21/h1-14H,24H2,(H,25,29). The van der Waals surface area contributed by atoms with E-state index in [9.17, 15) is 4.79 Å². The number of aromatic nitrogens is 3. The van der Waals surface area contributed by atoms with E-state index < -0.39 is 0 Å². The monoisotopic (exact) mass is 411 g/mol. The SMILES string of the molecule is Nc1ccc(-c2cccs2)cc1NC(=O)c1cn(-c2cccc3ccccc23)nn1. The number of amides is 1. The summed E-state index contributed by atoms with van der Waals surface area (Å²) in [6.07, 6.45) is 1.62. The second kappa shape index (κ2) is 7.46. The van der Waals surface area contributed by atoms with E-state index in [4.69, 9.17) is 5.73 Å². The zero-order chi connectivity index (χ0) is 20.5. The molecule has 0 spiro atoms. The largest absolute Gasteiger partial charge is 0.397 e. The van der Waals surface area contributed by atoms with Crippen LogP contribution < -0.4 is 11.1 Å². The number of nitrogens with two attached hydrogens (primary N) is 1. The minimum absolute atomic E-state index is 0.212. The molecule has 0 saturated carbocycles. The number of nitrogen functional groups attached to an aromatic ring is 1. The minimum atomic E-state index is -0.364. The van der Waals surface area contributed by atoms with E-state index in [1.807, 2.05) is 72.1 Å². The van der Waals surface area contributed by atoms with Gasteiger partial charge in [-0.15, -0.1) is 16.4 Å². The Bertz CT molecular complexity index is 1350. The van der Waals surface area contributed by atoms with Gasteiger partial charge in [-0.1, -0.05) is 53.7 Å². The number of hydrogen-bond donors (Lipinski definition) is 2. The second-order valence-electron chi connectivity index (χ2n) is 6.78. The van der Waals surface area contributed by atoms with Crippen molar-refractivity contribution in [3.8, 4) is 16.1 Å². The molecule has 3 aromatic carbocycles. The molecule has 6 nitrogen and oxygen atoms in total. The number of nitrogens with zero attached hydrogens (tertiary/aromatic N) is 3. The van der Waals surface area contributed by atoms with Crippen LogP contribution in [0, 0.1) is 0 Å². The molecule has 7 heteroatoms. The van der Waals surface area contributed by atoms with Gasteiger partial charge < -0.3 is 11.1 Å². The van der Waals surface area contributed by atoms with Crippen molar-refractivity contribution in [1.29, 1.82) is 0 Å². The van der Waals surface area contributed by atoms with Gasteiger partial charge in [-0.3, -0.25) is 4.79 Å². The lowest BCUT2D eigenvalue weighted by Gasteiger charge is -2.09. The van der Waals surface area contributed by atoms with E-state index in [2.05, 4.69) is 15.6 Å². The molecule has 0 aliphatic rings. The van der Waals surface area contributed by atoms with Crippen LogP contribution in [0.15, 0.2) is 84.4 Å². The van der Waals surface area contributed by atoms with E-state index >= 15 is 0 Å². The van der Waals surface area contributed by atoms with Gasteiger partial charge in [0.1, 0.15) is 0 Å². The fourth-order valence-electron chi connectivity index (χ4n) is 3.34. The van der Waals surface area contributed by atoms with Crippen LogP contribution in [0.2, 0.25) is 0 Å². The number of thiophene rings is 1. The van der Waals surface area contributed by atoms with E-state index in [1.165, 1.54) is 0 Å². The third-order valence-corrected chi connectivity index (χ3v) is 5.77. The van der Waals surface area contributed by atoms with Gasteiger partial charge >= 0.3 is 0 Å². The van der Waals surface area contributed by atoms with Crippen LogP contribution in [-0.2, 0) is 0 Å². The van der Waals surface area contributed by atoms with Crippen LogP contribution in [0.5, 0.6) is 0 Å². The van der Waals surface area contributed by atoms with Crippen molar-refractivity contribution in [2.75, 3.05) is 11.1 Å². The number of rotatable bonds is 4. The van der Waals surface area contributed by atoms with Gasteiger partial charge in [0, 0.05) is 10.3 Å². The number of benzene rings is 3. The summed E-state index contributed by atoms with van der Waals surface area (Å²) in [5.74, 6) is -0.364. The van der Waals surface area contributed by atoms with Crippen molar-refractivity contribution in [2.24, 2.45) is 0 Å². The van der Waals surface area contributed by atoms with Gasteiger partial charge in [0.25, 0.3) is 5.91 Å². The molecular formula is C23H17N5OS. The third-order valence-electron chi connectivity index (χ3n) is 4.85. The van der Waals surface area contributed by atoms with Crippen molar-refractivity contribution < 1.29 is 4.79 Å². The second-order valence-corrected chi connectivity index (χ2v) is 7.73. The average Bonchev–Trinajstić information content (AvgIpc) is 3.47. The van der Waals surface area contributed by atoms with Crippen LogP contribution in [0.25, 0.3) is 26.9 Å². The highest BCUT2D eigenvalue weighted by molar-refractivity contribution is 7.13. The number of carbonyl (C=O) groups excluding carboxylic acids is 1. The van der Waals surface area contributed by atoms with Crippen LogP contribution in [0.1, 0.15) is 10.5 Å². The molecule has 0 fully saturated rings. The Labute approximate surface area is 176 Å². The molecule has 0 atom stereocenters. The van der Waals surface area contributed by atoms with Gasteiger partial charge in [0.2, 0.25) is 0 Å². The number of nitrogens with one attached hydrogen (secondary N) is 1. The molecule has 5 rings (SSSR count). The van der Waals surface area contributed by atoms with E-state index in [0.29, 0.717) is 11.4 Å². The molecule has 3 N–H and O–H groups in total. The van der Waals surface area contributed by atoms with E-state index in [-0.39, 0.29) is 11.6 Å². The number of carbonyl (C=O) groups is 1. The van der Waals surface area contributed by atoms with E-state index in [0.717, 1.165) is 26.9 Å². The summed E-state index contributed by atoms with van der Waals surface area (Å²) < 4.78 is 1.61. The van der Waals surface area contributed by atoms with Crippen molar-refractivity contribution in [3.05, 3.63) is 90.1 Å². The van der Waals surface area contributed by atoms with Crippen LogP contribution in [-0.4, -0.2) is 20.9 Å². The van der Waals surface area contributed by atoms with Gasteiger partial charge in [-0.05, 0) is 40.6 Å². The summed E-state index contributed by atoms with van der Waals surface area (Å²) in [5.41, 5.74) is 9.18. The smallest absolute Gasteiger partial charge is 0.277 e. The van der Waals surface area contributed by atoms with E-state index in [1.54, 1.807) is 28.3 Å². The van der Waals surface area contributed by atoms with Crippen molar-refractivity contribution in [3.63, 3.8) is 0 Å². The van der Waals surface area contributed by atoms with Crippen LogP contribution >= 0.6 is 11.3 Å². The van der Waals surface area contributed by atoms with Crippen molar-refractivity contribution >= 4 is 39.4 Å². The van der Waals surface area contributed by atoms with Crippen molar-refractivity contribution in [1.82, 2.24) is 15.0 Å². The van der Waals surface area contributed by atoms with Crippen LogP contribution in [0.4, 0.5) is 11.4 Å². The maximum absolute atomic E-state index is 12.8. The lowest BCUT2D eigenvalue weighted by atomic mass is 10.1. The van der Waals surface area contributed by atoms with Gasteiger partial charge in [0.05, 0.1) is 23.3 Å². The maximum Gasteiger partial charge on any atom is 0.277 e. The number of anilines is 2. The van der Waals surface area contributed by atoms with Gasteiger partial charge in [-0.2, -0.15) is 0 Å². The zero-order valence-electron chi connectivity index (χ0n) is 15.8. The minimum Gasteiger partial charge on any atom is -0.397 e. The maximum atomic E-state index is 12.8. The Kier molecular flexibility index (Phi) is 4.49. The molecule has 0 aliphatic heterocycles. The summed E-state index contributed by atoms with van der Waals surface area (Å²) in [5, 5.41) is 15.2.